The first-order chi connectivity index (χ1) is 15.6. The summed E-state index contributed by atoms with van der Waals surface area (Å²) in [6, 6.07) is 11.7. The molecule has 2 N–H and O–H groups in total. The highest BCUT2D eigenvalue weighted by Gasteiger charge is 2.13. The van der Waals surface area contributed by atoms with Gasteiger partial charge in [-0.1, -0.05) is 12.1 Å². The highest BCUT2D eigenvalue weighted by molar-refractivity contribution is 5.79. The van der Waals surface area contributed by atoms with Gasteiger partial charge in [0.25, 0.3) is 0 Å². The molecule has 0 aromatic heterocycles. The van der Waals surface area contributed by atoms with Gasteiger partial charge < -0.3 is 34.3 Å². The number of methoxy groups -OCH3 is 4. The minimum absolute atomic E-state index is 0.472. The molecule has 0 saturated heterocycles. The molecule has 0 spiro atoms. The van der Waals surface area contributed by atoms with E-state index in [9.17, 15) is 0 Å². The minimum atomic E-state index is 0.472. The second kappa shape index (κ2) is 14.0. The fourth-order valence-electron chi connectivity index (χ4n) is 3.03. The van der Waals surface area contributed by atoms with E-state index >= 15 is 0 Å². The molecule has 0 atom stereocenters. The quantitative estimate of drug-likeness (QED) is 0.278. The Morgan fingerprint density at radius 1 is 0.844 bits per heavy atom. The third kappa shape index (κ3) is 7.85. The van der Waals surface area contributed by atoms with E-state index in [1.807, 2.05) is 43.3 Å². The van der Waals surface area contributed by atoms with Crippen molar-refractivity contribution < 1.29 is 23.7 Å². The SMILES string of the molecule is CCNC(=NCc1cc(OC)c(OC)c(OC)c1)NCCCOCc1ccc(OC)cc1. The van der Waals surface area contributed by atoms with E-state index < -0.39 is 0 Å². The Morgan fingerprint density at radius 3 is 2.09 bits per heavy atom. The van der Waals surface area contributed by atoms with E-state index in [2.05, 4.69) is 15.6 Å². The molecule has 2 aromatic rings. The first-order valence-corrected chi connectivity index (χ1v) is 10.7. The van der Waals surface area contributed by atoms with Crippen LogP contribution in [-0.2, 0) is 17.9 Å². The fourth-order valence-corrected chi connectivity index (χ4v) is 3.03. The molecule has 0 unspecified atom stereocenters. The zero-order chi connectivity index (χ0) is 23.2. The van der Waals surface area contributed by atoms with Crippen molar-refractivity contribution in [2.24, 2.45) is 4.99 Å². The van der Waals surface area contributed by atoms with Gasteiger partial charge in [-0.2, -0.15) is 0 Å². The Balaban J connectivity index is 1.82. The van der Waals surface area contributed by atoms with E-state index in [1.165, 1.54) is 0 Å². The third-order valence-electron chi connectivity index (χ3n) is 4.67. The molecule has 0 aliphatic carbocycles. The molecule has 2 rings (SSSR count). The predicted octanol–water partition coefficient (Wildman–Crippen LogP) is 3.38. The maximum atomic E-state index is 5.76. The van der Waals surface area contributed by atoms with Gasteiger partial charge >= 0.3 is 0 Å². The minimum Gasteiger partial charge on any atom is -0.497 e. The Labute approximate surface area is 190 Å². The smallest absolute Gasteiger partial charge is 0.203 e. The maximum Gasteiger partial charge on any atom is 0.203 e. The zero-order valence-electron chi connectivity index (χ0n) is 19.7. The van der Waals surface area contributed by atoms with Gasteiger partial charge in [-0.25, -0.2) is 4.99 Å². The maximum absolute atomic E-state index is 5.76. The lowest BCUT2D eigenvalue weighted by molar-refractivity contribution is 0.119. The number of hydrogen-bond donors (Lipinski definition) is 2. The Hall–Kier alpha value is -3.13. The van der Waals surface area contributed by atoms with Crippen LogP contribution in [0.15, 0.2) is 41.4 Å². The molecule has 8 nitrogen and oxygen atoms in total. The molecule has 0 aliphatic heterocycles. The van der Waals surface area contributed by atoms with E-state index in [4.69, 9.17) is 23.7 Å². The van der Waals surface area contributed by atoms with Gasteiger partial charge in [0.1, 0.15) is 5.75 Å². The molecular weight excluding hydrogens is 410 g/mol. The average Bonchev–Trinajstić information content (AvgIpc) is 2.84. The average molecular weight is 446 g/mol. The molecule has 176 valence electrons. The zero-order valence-corrected chi connectivity index (χ0v) is 19.7. The van der Waals surface area contributed by atoms with Crippen molar-refractivity contribution in [2.45, 2.75) is 26.5 Å². The van der Waals surface area contributed by atoms with Crippen molar-refractivity contribution in [1.82, 2.24) is 10.6 Å². The topological polar surface area (TPSA) is 82.6 Å². The number of aliphatic imine (C=N–C) groups is 1. The van der Waals surface area contributed by atoms with Gasteiger partial charge in [-0.15, -0.1) is 0 Å². The molecule has 0 radical (unpaired) electrons. The monoisotopic (exact) mass is 445 g/mol. The second-order valence-electron chi connectivity index (χ2n) is 6.91. The molecule has 8 heteroatoms. The van der Waals surface area contributed by atoms with Crippen LogP contribution in [0.1, 0.15) is 24.5 Å². The summed E-state index contributed by atoms with van der Waals surface area (Å²) in [5.74, 6) is 3.39. The first kappa shape index (κ1) is 25.1. The van der Waals surface area contributed by atoms with Crippen LogP contribution in [0.2, 0.25) is 0 Å². The summed E-state index contributed by atoms with van der Waals surface area (Å²) >= 11 is 0. The lowest BCUT2D eigenvalue weighted by atomic mass is 10.2. The van der Waals surface area contributed by atoms with E-state index in [0.717, 1.165) is 42.3 Å². The molecule has 0 fully saturated rings. The summed E-state index contributed by atoms with van der Waals surface area (Å²) in [5, 5.41) is 6.60. The Morgan fingerprint density at radius 2 is 1.53 bits per heavy atom. The van der Waals surface area contributed by atoms with E-state index in [-0.39, 0.29) is 0 Å². The van der Waals surface area contributed by atoms with Crippen molar-refractivity contribution in [3.05, 3.63) is 47.5 Å². The molecule has 32 heavy (non-hydrogen) atoms. The molecular formula is C24H35N3O5. The van der Waals surface area contributed by atoms with Gasteiger partial charge in [-0.05, 0) is 48.7 Å². The highest BCUT2D eigenvalue weighted by atomic mass is 16.5. The van der Waals surface area contributed by atoms with Crippen LogP contribution in [0.3, 0.4) is 0 Å². The third-order valence-corrected chi connectivity index (χ3v) is 4.67. The summed E-state index contributed by atoms with van der Waals surface area (Å²) in [5.41, 5.74) is 2.08. The summed E-state index contributed by atoms with van der Waals surface area (Å²) in [7, 11) is 6.46. The van der Waals surface area contributed by atoms with E-state index in [0.29, 0.717) is 37.0 Å². The Kier molecular flexibility index (Phi) is 11.0. The van der Waals surface area contributed by atoms with Crippen LogP contribution < -0.4 is 29.6 Å². The number of guanidine groups is 1. The van der Waals surface area contributed by atoms with Crippen molar-refractivity contribution in [2.75, 3.05) is 48.1 Å². The lowest BCUT2D eigenvalue weighted by Crippen LogP contribution is -2.38. The highest BCUT2D eigenvalue weighted by Crippen LogP contribution is 2.38. The summed E-state index contributed by atoms with van der Waals surface area (Å²) in [6.45, 7) is 5.28. The largest absolute Gasteiger partial charge is 0.497 e. The number of hydrogen-bond acceptors (Lipinski definition) is 6. The van der Waals surface area contributed by atoms with Crippen LogP contribution in [0.25, 0.3) is 0 Å². The standard InChI is InChI=1S/C24H35N3O5/c1-6-25-24(26-12-7-13-32-17-18-8-10-20(28-2)11-9-18)27-16-19-14-21(29-3)23(31-5)22(15-19)30-4/h8-11,14-15H,6-7,12-13,16-17H2,1-5H3,(H2,25,26,27). The fraction of sp³-hybridized carbons (Fsp3) is 0.458. The van der Waals surface area contributed by atoms with Crippen LogP contribution >= 0.6 is 0 Å². The number of ether oxygens (including phenoxy) is 5. The van der Waals surface area contributed by atoms with Crippen molar-refractivity contribution in [1.29, 1.82) is 0 Å². The van der Waals surface area contributed by atoms with Crippen molar-refractivity contribution >= 4 is 5.96 Å². The van der Waals surface area contributed by atoms with Gasteiger partial charge in [0.05, 0.1) is 41.6 Å². The Bertz CT molecular complexity index is 815. The molecule has 0 saturated carbocycles. The summed E-state index contributed by atoms with van der Waals surface area (Å²) in [6.07, 6.45) is 0.866. The normalized spacial score (nSPS) is 11.1. The lowest BCUT2D eigenvalue weighted by Gasteiger charge is -2.14. The molecule has 0 heterocycles. The molecule has 0 amide bonds. The van der Waals surface area contributed by atoms with E-state index in [1.54, 1.807) is 28.4 Å². The van der Waals surface area contributed by atoms with Gasteiger partial charge in [0.15, 0.2) is 17.5 Å². The van der Waals surface area contributed by atoms with Crippen LogP contribution in [0.5, 0.6) is 23.0 Å². The number of benzene rings is 2. The van der Waals surface area contributed by atoms with Crippen LogP contribution in [0.4, 0.5) is 0 Å². The van der Waals surface area contributed by atoms with Crippen molar-refractivity contribution in [3.8, 4) is 23.0 Å². The van der Waals surface area contributed by atoms with Gasteiger partial charge in [0, 0.05) is 19.7 Å². The number of nitrogens with zero attached hydrogens (tertiary/aromatic N) is 1. The summed E-state index contributed by atoms with van der Waals surface area (Å²) < 4.78 is 27.1. The number of rotatable bonds is 13. The van der Waals surface area contributed by atoms with Gasteiger partial charge in [-0.3, -0.25) is 0 Å². The molecule has 0 aliphatic rings. The summed E-state index contributed by atoms with van der Waals surface area (Å²) in [4.78, 5) is 4.66. The number of nitrogens with one attached hydrogen (secondary N) is 2. The van der Waals surface area contributed by atoms with Crippen LogP contribution in [0, 0.1) is 0 Å². The second-order valence-corrected chi connectivity index (χ2v) is 6.91. The first-order valence-electron chi connectivity index (χ1n) is 10.7. The van der Waals surface area contributed by atoms with Crippen molar-refractivity contribution in [3.63, 3.8) is 0 Å². The molecule has 0 bridgehead atoms. The van der Waals surface area contributed by atoms with Crippen LogP contribution in [-0.4, -0.2) is 54.1 Å². The van der Waals surface area contributed by atoms with Gasteiger partial charge in [0.2, 0.25) is 5.75 Å². The molecule has 2 aromatic carbocycles. The predicted molar refractivity (Wildman–Crippen MR) is 126 cm³/mol.